The summed E-state index contributed by atoms with van der Waals surface area (Å²) in [5.74, 6) is -4.01. The number of aryl methyl sites for hydroxylation is 2. The number of rotatable bonds is 7. The van der Waals surface area contributed by atoms with Crippen molar-refractivity contribution in [3.8, 4) is 0 Å². The Morgan fingerprint density at radius 3 is 2.76 bits per heavy atom. The van der Waals surface area contributed by atoms with Crippen LogP contribution in [-0.2, 0) is 25.2 Å². The van der Waals surface area contributed by atoms with E-state index < -0.39 is 50.6 Å². The van der Waals surface area contributed by atoms with Crippen LogP contribution >= 0.6 is 7.82 Å². The minimum atomic E-state index is -5.27. The first-order valence-electron chi connectivity index (χ1n) is 10.7. The van der Waals surface area contributed by atoms with E-state index in [0.29, 0.717) is 15.9 Å². The number of ether oxygens (including phenoxy) is 2. The number of aromatic nitrogens is 2. The van der Waals surface area contributed by atoms with Crippen LogP contribution in [0.15, 0.2) is 39.7 Å². The van der Waals surface area contributed by atoms with Crippen molar-refractivity contribution < 1.29 is 51.4 Å². The number of halogens is 2. The number of alkyl halides is 2. The molecule has 13 nitrogen and oxygen atoms in total. The number of furan rings is 1. The van der Waals surface area contributed by atoms with E-state index in [0.717, 1.165) is 28.8 Å². The number of amides is 1. The summed E-state index contributed by atoms with van der Waals surface area (Å²) in [6.45, 7) is 2.46. The first-order valence-corrected chi connectivity index (χ1v) is 12.2. The summed E-state index contributed by atoms with van der Waals surface area (Å²) in [6, 6.07) is 6.57. The number of nitrogens with zero attached hydrogens (tertiary/aromatic N) is 2. The Morgan fingerprint density at radius 2 is 2.08 bits per heavy atom. The van der Waals surface area contributed by atoms with Gasteiger partial charge in [-0.1, -0.05) is 11.6 Å². The Labute approximate surface area is 206 Å². The SMILES string of the molecule is Cc1cc(C)c2oc(COC(=O)Nc3ccn(C4OC(COP(=O)([O-])O)[C@@H](O)C4(F)F)c(=O)n3)cc2c1. The first-order chi connectivity index (χ1) is 17.2. The Morgan fingerprint density at radius 1 is 1.35 bits per heavy atom. The molecule has 1 aliphatic heterocycles. The average Bonchev–Trinajstić information content (AvgIpc) is 3.29. The van der Waals surface area contributed by atoms with Crippen LogP contribution in [0.2, 0.25) is 0 Å². The van der Waals surface area contributed by atoms with Gasteiger partial charge in [0.05, 0.1) is 6.61 Å². The second-order valence-electron chi connectivity index (χ2n) is 8.33. The van der Waals surface area contributed by atoms with Crippen LogP contribution < -0.4 is 15.9 Å². The van der Waals surface area contributed by atoms with Gasteiger partial charge < -0.3 is 33.3 Å². The van der Waals surface area contributed by atoms with E-state index in [1.165, 1.54) is 0 Å². The minimum absolute atomic E-state index is 0.232. The fourth-order valence-electron chi connectivity index (χ4n) is 3.85. The third-order valence-corrected chi connectivity index (χ3v) is 5.91. The van der Waals surface area contributed by atoms with Crippen molar-refractivity contribution in [1.29, 1.82) is 0 Å². The van der Waals surface area contributed by atoms with Crippen LogP contribution in [0, 0.1) is 13.8 Å². The molecule has 1 aromatic carbocycles. The summed E-state index contributed by atoms with van der Waals surface area (Å²) >= 11 is 0. The molecule has 1 amide bonds. The van der Waals surface area contributed by atoms with E-state index in [2.05, 4.69) is 14.8 Å². The Hall–Kier alpha value is -3.20. The van der Waals surface area contributed by atoms with Crippen LogP contribution in [0.5, 0.6) is 0 Å². The number of carbonyl (C=O) groups is 1. The van der Waals surface area contributed by atoms with Crippen molar-refractivity contribution in [2.24, 2.45) is 0 Å². The lowest BCUT2D eigenvalue weighted by molar-refractivity contribution is -0.222. The predicted octanol–water partition coefficient (Wildman–Crippen LogP) is 1.73. The number of benzene rings is 1. The molecule has 16 heteroatoms. The second kappa shape index (κ2) is 9.93. The van der Waals surface area contributed by atoms with E-state index >= 15 is 0 Å². The molecular weight excluding hydrogens is 523 g/mol. The normalized spacial score (nSPS) is 22.6. The summed E-state index contributed by atoms with van der Waals surface area (Å²) in [5, 5.41) is 12.8. The zero-order chi connectivity index (χ0) is 27.1. The number of aliphatic hydroxyl groups excluding tert-OH is 1. The smallest absolute Gasteiger partial charge is 0.413 e. The van der Waals surface area contributed by atoms with Crippen LogP contribution in [-0.4, -0.2) is 50.4 Å². The maximum Gasteiger partial charge on any atom is 0.413 e. The summed E-state index contributed by atoms with van der Waals surface area (Å²) < 4.78 is 59.7. The molecule has 3 N–H and O–H groups in total. The van der Waals surface area contributed by atoms with Crippen molar-refractivity contribution in [2.45, 2.75) is 44.8 Å². The van der Waals surface area contributed by atoms with Gasteiger partial charge in [-0.2, -0.15) is 13.8 Å². The van der Waals surface area contributed by atoms with Gasteiger partial charge in [0.2, 0.25) is 6.23 Å². The highest BCUT2D eigenvalue weighted by molar-refractivity contribution is 7.44. The van der Waals surface area contributed by atoms with Crippen LogP contribution in [0.4, 0.5) is 19.4 Å². The van der Waals surface area contributed by atoms with Crippen molar-refractivity contribution in [3.63, 3.8) is 0 Å². The van der Waals surface area contributed by atoms with Crippen molar-refractivity contribution in [2.75, 3.05) is 11.9 Å². The highest BCUT2D eigenvalue weighted by atomic mass is 31.2. The largest absolute Gasteiger partial charge is 0.756 e. The Kier molecular flexibility index (Phi) is 7.21. The fourth-order valence-corrected chi connectivity index (χ4v) is 4.19. The molecule has 200 valence electrons. The van der Waals surface area contributed by atoms with Gasteiger partial charge in [0.15, 0.2) is 12.7 Å². The quantitative estimate of drug-likeness (QED) is 0.368. The van der Waals surface area contributed by atoms with Crippen LogP contribution in [0.3, 0.4) is 0 Å². The maximum absolute atomic E-state index is 14.5. The number of fused-ring (bicyclic) bond motifs is 1. The van der Waals surface area contributed by atoms with Gasteiger partial charge in [-0.3, -0.25) is 14.4 Å². The molecule has 37 heavy (non-hydrogen) atoms. The molecule has 0 bridgehead atoms. The molecule has 4 rings (SSSR count). The molecule has 4 atom stereocenters. The second-order valence-corrected chi connectivity index (χ2v) is 9.52. The molecule has 0 saturated carbocycles. The molecule has 3 aromatic rings. The standard InChI is InChI=1S/C21H22F2N3O10P/c1-10-5-11(2)16-12(6-10)7-13(35-16)8-33-20(29)25-15-3-4-26(19(28)24-15)18-21(22,23)17(27)14(36-18)9-34-37(30,31)32/h3-7,14,17-18,27H,8-9H2,1-2H3,(H2,30,31,32)(H,24,25,28,29)/p-1/t14?,17-,18?/m1/s1. The summed E-state index contributed by atoms with van der Waals surface area (Å²) in [4.78, 5) is 47.3. The lowest BCUT2D eigenvalue weighted by Crippen LogP contribution is -2.42. The lowest BCUT2D eigenvalue weighted by atomic mass is 10.1. The molecule has 3 heterocycles. The average molecular weight is 544 g/mol. The molecule has 0 aliphatic carbocycles. The van der Waals surface area contributed by atoms with Gasteiger partial charge in [0, 0.05) is 11.6 Å². The fraction of sp³-hybridized carbons (Fsp3) is 0.381. The number of nitrogens with one attached hydrogen (secondary N) is 1. The van der Waals surface area contributed by atoms with E-state index in [1.807, 2.05) is 26.0 Å². The Balaban J connectivity index is 1.40. The van der Waals surface area contributed by atoms with Crippen molar-refractivity contribution in [1.82, 2.24) is 9.55 Å². The predicted molar refractivity (Wildman–Crippen MR) is 119 cm³/mol. The highest BCUT2D eigenvalue weighted by Crippen LogP contribution is 2.43. The van der Waals surface area contributed by atoms with Gasteiger partial charge in [0.1, 0.15) is 23.3 Å². The number of hydrogen-bond acceptors (Lipinski definition) is 10. The topological polar surface area (TPSA) is 185 Å². The summed E-state index contributed by atoms with van der Waals surface area (Å²) in [7, 11) is -5.27. The van der Waals surface area contributed by atoms with Crippen molar-refractivity contribution >= 4 is 30.7 Å². The molecule has 1 fully saturated rings. The maximum atomic E-state index is 14.5. The highest BCUT2D eigenvalue weighted by Gasteiger charge is 2.59. The molecule has 0 radical (unpaired) electrons. The van der Waals surface area contributed by atoms with Gasteiger partial charge in [-0.05, 0) is 37.6 Å². The Bertz CT molecular complexity index is 1440. The summed E-state index contributed by atoms with van der Waals surface area (Å²) in [6.07, 6.45) is -7.00. The van der Waals surface area contributed by atoms with Gasteiger partial charge in [-0.25, -0.2) is 9.59 Å². The molecular formula is C21H21F2N3O10P-. The molecule has 1 saturated heterocycles. The van der Waals surface area contributed by atoms with Crippen LogP contribution in [0.1, 0.15) is 23.1 Å². The molecule has 1 aliphatic rings. The minimum Gasteiger partial charge on any atom is -0.756 e. The number of aliphatic hydroxyl groups is 1. The number of carbonyl (C=O) groups excluding carboxylic acids is 1. The van der Waals surface area contributed by atoms with Crippen LogP contribution in [0.25, 0.3) is 11.0 Å². The zero-order valence-corrected chi connectivity index (χ0v) is 20.2. The van der Waals surface area contributed by atoms with E-state index in [1.54, 1.807) is 6.07 Å². The van der Waals surface area contributed by atoms with Crippen molar-refractivity contribution in [3.05, 3.63) is 57.8 Å². The third kappa shape index (κ3) is 5.87. The molecule has 3 unspecified atom stereocenters. The summed E-state index contributed by atoms with van der Waals surface area (Å²) in [5.41, 5.74) is 1.32. The monoisotopic (exact) mass is 544 g/mol. The van der Waals surface area contributed by atoms with E-state index in [9.17, 15) is 32.9 Å². The van der Waals surface area contributed by atoms with Gasteiger partial charge in [0.25, 0.3) is 7.82 Å². The third-order valence-electron chi connectivity index (χ3n) is 5.44. The molecule has 0 spiro atoms. The van der Waals surface area contributed by atoms with Gasteiger partial charge in [-0.15, -0.1) is 0 Å². The first kappa shape index (κ1) is 26.9. The zero-order valence-electron chi connectivity index (χ0n) is 19.3. The lowest BCUT2D eigenvalue weighted by Gasteiger charge is -2.21. The molecule has 2 aromatic heterocycles. The number of anilines is 1. The van der Waals surface area contributed by atoms with E-state index in [-0.39, 0.29) is 12.4 Å². The van der Waals surface area contributed by atoms with E-state index in [4.69, 9.17) is 18.8 Å². The number of phosphoric ester groups is 1. The number of phosphoric acid groups is 1. The number of hydrogen-bond donors (Lipinski definition) is 3. The van der Waals surface area contributed by atoms with Gasteiger partial charge >= 0.3 is 17.7 Å².